The zero-order valence-corrected chi connectivity index (χ0v) is 14.8. The Labute approximate surface area is 141 Å². The molecule has 0 aromatic heterocycles. The quantitative estimate of drug-likeness (QED) is 0.803. The molecule has 7 nitrogen and oxygen atoms in total. The number of benzene rings is 1. The highest BCUT2D eigenvalue weighted by atomic mass is 32.2. The number of carboxylic acids is 1. The van der Waals surface area contributed by atoms with Gasteiger partial charge in [-0.3, -0.25) is 9.59 Å². The van der Waals surface area contributed by atoms with Crippen molar-refractivity contribution in [1.82, 2.24) is 4.72 Å². The van der Waals surface area contributed by atoms with Crippen LogP contribution in [-0.4, -0.2) is 38.0 Å². The van der Waals surface area contributed by atoms with Gasteiger partial charge in [0.1, 0.15) is 6.04 Å². The third-order valence-corrected chi connectivity index (χ3v) is 5.41. The second-order valence-corrected chi connectivity index (χ2v) is 8.07. The van der Waals surface area contributed by atoms with Crippen molar-refractivity contribution in [2.75, 3.05) is 11.4 Å². The van der Waals surface area contributed by atoms with Crippen LogP contribution in [-0.2, 0) is 26.0 Å². The standard InChI is InChI=1S/C16H22N2O5S/c1-10(2)8-14(16(20)21)17-24(22,23)13-4-5-15-12(9-13)6-7-18(15)11(3)19/h4-5,9-10,14,17H,6-8H2,1-3H3,(H,20,21). The summed E-state index contributed by atoms with van der Waals surface area (Å²) in [6, 6.07) is 3.33. The molecule has 0 fully saturated rings. The van der Waals surface area contributed by atoms with Crippen LogP contribution < -0.4 is 9.62 Å². The molecular weight excluding hydrogens is 332 g/mol. The lowest BCUT2D eigenvalue weighted by Gasteiger charge is -2.18. The lowest BCUT2D eigenvalue weighted by Crippen LogP contribution is -2.41. The Morgan fingerprint density at radius 2 is 2.00 bits per heavy atom. The van der Waals surface area contributed by atoms with E-state index in [-0.39, 0.29) is 23.1 Å². The summed E-state index contributed by atoms with van der Waals surface area (Å²) in [6.07, 6.45) is 0.782. The molecule has 1 aliphatic heterocycles. The van der Waals surface area contributed by atoms with Crippen LogP contribution >= 0.6 is 0 Å². The predicted octanol–water partition coefficient (Wildman–Crippen LogP) is 1.37. The summed E-state index contributed by atoms with van der Waals surface area (Å²) in [6.45, 7) is 5.64. The number of amides is 1. The van der Waals surface area contributed by atoms with Gasteiger partial charge in [-0.15, -0.1) is 0 Å². The Bertz CT molecular complexity index is 758. The van der Waals surface area contributed by atoms with Crippen LogP contribution in [0.15, 0.2) is 23.1 Å². The van der Waals surface area contributed by atoms with Gasteiger partial charge in [0.25, 0.3) is 0 Å². The average Bonchev–Trinajstić information content (AvgIpc) is 2.88. The van der Waals surface area contributed by atoms with E-state index < -0.39 is 22.0 Å². The summed E-state index contributed by atoms with van der Waals surface area (Å²) < 4.78 is 27.2. The number of hydrogen-bond donors (Lipinski definition) is 2. The van der Waals surface area contributed by atoms with E-state index in [4.69, 9.17) is 0 Å². The maximum absolute atomic E-state index is 12.5. The smallest absolute Gasteiger partial charge is 0.321 e. The van der Waals surface area contributed by atoms with Gasteiger partial charge < -0.3 is 10.0 Å². The molecule has 1 atom stereocenters. The maximum atomic E-state index is 12.5. The van der Waals surface area contributed by atoms with Crippen molar-refractivity contribution in [3.05, 3.63) is 23.8 Å². The number of aliphatic carboxylic acids is 1. The SMILES string of the molecule is CC(=O)N1CCc2cc(S(=O)(=O)NC(CC(C)C)C(=O)O)ccc21. The van der Waals surface area contributed by atoms with Crippen molar-refractivity contribution < 1.29 is 23.1 Å². The number of hydrogen-bond acceptors (Lipinski definition) is 4. The zero-order chi connectivity index (χ0) is 18.1. The van der Waals surface area contributed by atoms with Crippen molar-refractivity contribution in [2.24, 2.45) is 5.92 Å². The molecule has 132 valence electrons. The number of carboxylic acid groups (broad SMARTS) is 1. The minimum Gasteiger partial charge on any atom is -0.480 e. The van der Waals surface area contributed by atoms with E-state index in [1.165, 1.54) is 19.1 Å². The first-order chi connectivity index (χ1) is 11.1. The van der Waals surface area contributed by atoms with Crippen LogP contribution in [0.25, 0.3) is 0 Å². The largest absolute Gasteiger partial charge is 0.480 e. The number of carbonyl (C=O) groups is 2. The van der Waals surface area contributed by atoms with E-state index >= 15 is 0 Å². The van der Waals surface area contributed by atoms with E-state index in [9.17, 15) is 23.1 Å². The lowest BCUT2D eigenvalue weighted by molar-refractivity contribution is -0.139. The highest BCUT2D eigenvalue weighted by Crippen LogP contribution is 2.30. The summed E-state index contributed by atoms with van der Waals surface area (Å²) >= 11 is 0. The summed E-state index contributed by atoms with van der Waals surface area (Å²) in [5.41, 5.74) is 1.47. The maximum Gasteiger partial charge on any atom is 0.321 e. The first-order valence-corrected chi connectivity index (χ1v) is 9.26. The number of anilines is 1. The number of nitrogens with zero attached hydrogens (tertiary/aromatic N) is 1. The molecule has 2 N–H and O–H groups in total. The fraction of sp³-hybridized carbons (Fsp3) is 0.500. The van der Waals surface area contributed by atoms with Crippen LogP contribution in [0.1, 0.15) is 32.8 Å². The van der Waals surface area contributed by atoms with Gasteiger partial charge in [0.15, 0.2) is 0 Å². The molecule has 0 bridgehead atoms. The highest BCUT2D eigenvalue weighted by molar-refractivity contribution is 7.89. The first kappa shape index (κ1) is 18.4. The van der Waals surface area contributed by atoms with Gasteiger partial charge >= 0.3 is 5.97 Å². The van der Waals surface area contributed by atoms with Crippen molar-refractivity contribution in [3.63, 3.8) is 0 Å². The highest BCUT2D eigenvalue weighted by Gasteiger charge is 2.28. The first-order valence-electron chi connectivity index (χ1n) is 7.78. The number of fused-ring (bicyclic) bond motifs is 1. The van der Waals surface area contributed by atoms with Crippen molar-refractivity contribution in [3.8, 4) is 0 Å². The Balaban J connectivity index is 2.27. The van der Waals surface area contributed by atoms with Gasteiger partial charge in [-0.1, -0.05) is 13.8 Å². The number of sulfonamides is 1. The Morgan fingerprint density at radius 1 is 1.33 bits per heavy atom. The molecule has 1 heterocycles. The number of nitrogens with one attached hydrogen (secondary N) is 1. The second-order valence-electron chi connectivity index (χ2n) is 6.35. The van der Waals surface area contributed by atoms with E-state index in [0.717, 1.165) is 5.56 Å². The predicted molar refractivity (Wildman–Crippen MR) is 89.4 cm³/mol. The molecule has 0 spiro atoms. The van der Waals surface area contributed by atoms with Crippen LogP contribution in [0.5, 0.6) is 0 Å². The average molecular weight is 354 g/mol. The lowest BCUT2D eigenvalue weighted by atomic mass is 10.1. The molecule has 0 saturated heterocycles. The minimum atomic E-state index is -3.94. The molecule has 0 aliphatic carbocycles. The molecule has 1 aromatic rings. The monoisotopic (exact) mass is 354 g/mol. The van der Waals surface area contributed by atoms with Gasteiger partial charge in [0.05, 0.1) is 4.90 Å². The van der Waals surface area contributed by atoms with Gasteiger partial charge in [-0.25, -0.2) is 8.42 Å². The third kappa shape index (κ3) is 3.93. The molecule has 1 aromatic carbocycles. The van der Waals surface area contributed by atoms with E-state index in [2.05, 4.69) is 4.72 Å². The van der Waals surface area contributed by atoms with Crippen LogP contribution in [0.2, 0.25) is 0 Å². The molecule has 1 amide bonds. The number of rotatable bonds is 6. The van der Waals surface area contributed by atoms with E-state index in [0.29, 0.717) is 18.7 Å². The molecule has 0 radical (unpaired) electrons. The molecular formula is C16H22N2O5S. The van der Waals surface area contributed by atoms with Crippen LogP contribution in [0.3, 0.4) is 0 Å². The number of carbonyl (C=O) groups excluding carboxylic acids is 1. The van der Waals surface area contributed by atoms with Gasteiger partial charge in [-0.2, -0.15) is 4.72 Å². The van der Waals surface area contributed by atoms with Crippen molar-refractivity contribution in [1.29, 1.82) is 0 Å². The second kappa shape index (κ2) is 6.90. The summed E-state index contributed by atoms with van der Waals surface area (Å²) in [5, 5.41) is 9.21. The molecule has 1 aliphatic rings. The molecule has 1 unspecified atom stereocenters. The van der Waals surface area contributed by atoms with Crippen molar-refractivity contribution in [2.45, 2.75) is 44.6 Å². The van der Waals surface area contributed by atoms with Gasteiger partial charge in [0, 0.05) is 19.2 Å². The van der Waals surface area contributed by atoms with E-state index in [1.54, 1.807) is 11.0 Å². The fourth-order valence-electron chi connectivity index (χ4n) is 2.80. The Morgan fingerprint density at radius 3 is 2.54 bits per heavy atom. The Hall–Kier alpha value is -1.93. The Kier molecular flexibility index (Phi) is 5.29. The molecule has 2 rings (SSSR count). The van der Waals surface area contributed by atoms with Crippen LogP contribution in [0, 0.1) is 5.92 Å². The molecule has 0 saturated carbocycles. The molecule has 8 heteroatoms. The summed E-state index contributed by atoms with van der Waals surface area (Å²) in [4.78, 5) is 24.4. The van der Waals surface area contributed by atoms with Crippen LogP contribution in [0.4, 0.5) is 5.69 Å². The zero-order valence-electron chi connectivity index (χ0n) is 13.9. The normalized spacial score (nSPS) is 15.4. The minimum absolute atomic E-state index is 0.0154. The van der Waals surface area contributed by atoms with Crippen molar-refractivity contribution >= 4 is 27.6 Å². The topological polar surface area (TPSA) is 104 Å². The molecule has 24 heavy (non-hydrogen) atoms. The van der Waals surface area contributed by atoms with E-state index in [1.807, 2.05) is 13.8 Å². The van der Waals surface area contributed by atoms with Gasteiger partial charge in [-0.05, 0) is 42.5 Å². The fourth-order valence-corrected chi connectivity index (χ4v) is 4.05. The van der Waals surface area contributed by atoms with Gasteiger partial charge in [0.2, 0.25) is 15.9 Å². The summed E-state index contributed by atoms with van der Waals surface area (Å²) in [7, 11) is -3.94. The summed E-state index contributed by atoms with van der Waals surface area (Å²) in [5.74, 6) is -1.25. The third-order valence-electron chi connectivity index (χ3n) is 3.94.